The van der Waals surface area contributed by atoms with E-state index in [1.165, 1.54) is 5.56 Å². The molecule has 1 unspecified atom stereocenters. The fraction of sp³-hybridized carbons (Fsp3) is 0.600. The van der Waals surface area contributed by atoms with Crippen LogP contribution in [0.1, 0.15) is 44.4 Å². The quantitative estimate of drug-likeness (QED) is 0.842. The zero-order valence-electron chi connectivity index (χ0n) is 11.5. The van der Waals surface area contributed by atoms with E-state index in [0.29, 0.717) is 0 Å². The van der Waals surface area contributed by atoms with Crippen molar-refractivity contribution in [3.8, 4) is 5.75 Å². The van der Waals surface area contributed by atoms with Crippen molar-refractivity contribution < 1.29 is 9.84 Å². The predicted molar refractivity (Wildman–Crippen MR) is 73.0 cm³/mol. The summed E-state index contributed by atoms with van der Waals surface area (Å²) in [5.74, 6) is 0.963. The first-order valence-electron chi connectivity index (χ1n) is 6.72. The molecule has 2 rings (SSSR count). The maximum atomic E-state index is 9.55. The Labute approximate surface area is 109 Å². The Morgan fingerprint density at radius 2 is 2.22 bits per heavy atom. The van der Waals surface area contributed by atoms with Gasteiger partial charge >= 0.3 is 0 Å². The van der Waals surface area contributed by atoms with E-state index in [-0.39, 0.29) is 18.2 Å². The number of hydrogen-bond donors (Lipinski definition) is 2. The molecule has 0 saturated heterocycles. The average molecular weight is 249 g/mol. The lowest BCUT2D eigenvalue weighted by Crippen LogP contribution is -2.27. The molecule has 0 radical (unpaired) electrons. The molecule has 1 aliphatic rings. The van der Waals surface area contributed by atoms with E-state index in [4.69, 9.17) is 4.74 Å². The molecule has 1 aromatic carbocycles. The van der Waals surface area contributed by atoms with Crippen molar-refractivity contribution in [3.05, 3.63) is 29.3 Å². The van der Waals surface area contributed by atoms with Gasteiger partial charge in [-0.2, -0.15) is 0 Å². The monoisotopic (exact) mass is 249 g/mol. The molecule has 0 aliphatic carbocycles. The summed E-state index contributed by atoms with van der Waals surface area (Å²) < 4.78 is 6.04. The number of benzene rings is 1. The minimum absolute atomic E-state index is 0.0335. The van der Waals surface area contributed by atoms with E-state index in [1.807, 2.05) is 6.07 Å². The van der Waals surface area contributed by atoms with Crippen molar-refractivity contribution in [3.63, 3.8) is 0 Å². The summed E-state index contributed by atoms with van der Waals surface area (Å²) in [6.45, 7) is 7.32. The highest BCUT2D eigenvalue weighted by atomic mass is 16.5. The summed E-state index contributed by atoms with van der Waals surface area (Å²) in [5.41, 5.74) is 2.19. The van der Waals surface area contributed by atoms with E-state index in [9.17, 15) is 5.11 Å². The summed E-state index contributed by atoms with van der Waals surface area (Å²) >= 11 is 0. The average Bonchev–Trinajstić information content (AvgIpc) is 2.64. The van der Waals surface area contributed by atoms with Crippen LogP contribution in [-0.2, 0) is 6.42 Å². The Kier molecular flexibility index (Phi) is 3.93. The van der Waals surface area contributed by atoms with Crippen molar-refractivity contribution in [1.82, 2.24) is 5.32 Å². The number of para-hydroxylation sites is 1. The molecule has 1 aromatic rings. The maximum absolute atomic E-state index is 9.55. The van der Waals surface area contributed by atoms with Gasteiger partial charge in [0, 0.05) is 12.0 Å². The Balaban J connectivity index is 2.27. The van der Waals surface area contributed by atoms with Gasteiger partial charge in [0.2, 0.25) is 0 Å². The van der Waals surface area contributed by atoms with E-state index in [2.05, 4.69) is 38.2 Å². The lowest BCUT2D eigenvalue weighted by atomic mass is 9.98. The minimum atomic E-state index is -0.136. The molecule has 0 aromatic heterocycles. The SMILES string of the molecule is CCCNC(CO)c1cccc2c1OC(C)(C)C2. The molecule has 0 fully saturated rings. The molecule has 100 valence electrons. The number of aliphatic hydroxyl groups excluding tert-OH is 1. The minimum Gasteiger partial charge on any atom is -0.487 e. The first-order valence-corrected chi connectivity index (χ1v) is 6.72. The zero-order chi connectivity index (χ0) is 13.2. The first kappa shape index (κ1) is 13.4. The molecule has 2 N–H and O–H groups in total. The van der Waals surface area contributed by atoms with Crippen molar-refractivity contribution in [1.29, 1.82) is 0 Å². The highest BCUT2D eigenvalue weighted by Gasteiger charge is 2.32. The smallest absolute Gasteiger partial charge is 0.128 e. The van der Waals surface area contributed by atoms with Gasteiger partial charge in [-0.25, -0.2) is 0 Å². The van der Waals surface area contributed by atoms with Gasteiger partial charge in [-0.05, 0) is 32.4 Å². The molecule has 1 heterocycles. The van der Waals surface area contributed by atoms with Crippen LogP contribution in [0.3, 0.4) is 0 Å². The maximum Gasteiger partial charge on any atom is 0.128 e. The van der Waals surface area contributed by atoms with Gasteiger partial charge in [0.15, 0.2) is 0 Å². The van der Waals surface area contributed by atoms with Gasteiger partial charge < -0.3 is 15.2 Å². The zero-order valence-corrected chi connectivity index (χ0v) is 11.5. The van der Waals surface area contributed by atoms with Crippen molar-refractivity contribution in [2.24, 2.45) is 0 Å². The van der Waals surface area contributed by atoms with Crippen molar-refractivity contribution in [2.45, 2.75) is 45.3 Å². The molecule has 1 atom stereocenters. The van der Waals surface area contributed by atoms with Gasteiger partial charge in [-0.3, -0.25) is 0 Å². The van der Waals surface area contributed by atoms with Crippen molar-refractivity contribution >= 4 is 0 Å². The summed E-state index contributed by atoms with van der Waals surface area (Å²) in [6.07, 6.45) is 1.99. The third-order valence-electron chi connectivity index (χ3n) is 3.32. The molecule has 0 spiro atoms. The van der Waals surface area contributed by atoms with Crippen LogP contribution in [0.5, 0.6) is 5.75 Å². The van der Waals surface area contributed by atoms with Crippen LogP contribution in [0.15, 0.2) is 18.2 Å². The van der Waals surface area contributed by atoms with Gasteiger partial charge in [0.25, 0.3) is 0 Å². The normalized spacial score (nSPS) is 18.2. The fourth-order valence-electron chi connectivity index (χ4n) is 2.51. The van der Waals surface area contributed by atoms with E-state index >= 15 is 0 Å². The molecule has 0 bridgehead atoms. The second kappa shape index (κ2) is 5.29. The number of fused-ring (bicyclic) bond motifs is 1. The Hall–Kier alpha value is -1.06. The first-order chi connectivity index (χ1) is 8.57. The van der Waals surface area contributed by atoms with Gasteiger partial charge in [0.1, 0.15) is 11.4 Å². The van der Waals surface area contributed by atoms with E-state index in [1.54, 1.807) is 0 Å². The summed E-state index contributed by atoms with van der Waals surface area (Å²) in [6, 6.07) is 6.18. The summed E-state index contributed by atoms with van der Waals surface area (Å²) in [4.78, 5) is 0. The number of hydrogen-bond acceptors (Lipinski definition) is 3. The van der Waals surface area contributed by atoms with Gasteiger partial charge in [0.05, 0.1) is 12.6 Å². The Morgan fingerprint density at radius 3 is 2.89 bits per heavy atom. The Bertz CT molecular complexity index is 415. The molecule has 1 aliphatic heterocycles. The highest BCUT2D eigenvalue weighted by Crippen LogP contribution is 2.39. The summed E-state index contributed by atoms with van der Waals surface area (Å²) in [7, 11) is 0. The van der Waals surface area contributed by atoms with Crippen LogP contribution in [0.25, 0.3) is 0 Å². The lowest BCUT2D eigenvalue weighted by Gasteiger charge is -2.22. The molecule has 0 amide bonds. The molecular formula is C15H23NO2. The second-order valence-corrected chi connectivity index (χ2v) is 5.56. The third kappa shape index (κ3) is 2.68. The second-order valence-electron chi connectivity index (χ2n) is 5.56. The number of aliphatic hydroxyl groups is 1. The fourth-order valence-corrected chi connectivity index (χ4v) is 2.51. The van der Waals surface area contributed by atoms with Crippen LogP contribution in [0.4, 0.5) is 0 Å². The molecule has 3 heteroatoms. The predicted octanol–water partition coefficient (Wildman–Crippen LogP) is 2.43. The van der Waals surface area contributed by atoms with Crippen LogP contribution in [-0.4, -0.2) is 23.9 Å². The molecule has 3 nitrogen and oxygen atoms in total. The molecule has 18 heavy (non-hydrogen) atoms. The Morgan fingerprint density at radius 1 is 1.44 bits per heavy atom. The standard InChI is InChI=1S/C15H23NO2/c1-4-8-16-13(10-17)12-7-5-6-11-9-15(2,3)18-14(11)12/h5-7,13,16-17H,4,8-10H2,1-3H3. The number of nitrogens with one attached hydrogen (secondary N) is 1. The lowest BCUT2D eigenvalue weighted by molar-refractivity contribution is 0.134. The van der Waals surface area contributed by atoms with Crippen LogP contribution in [0.2, 0.25) is 0 Å². The third-order valence-corrected chi connectivity index (χ3v) is 3.32. The van der Waals surface area contributed by atoms with E-state index in [0.717, 1.165) is 30.7 Å². The van der Waals surface area contributed by atoms with Crippen LogP contribution in [0, 0.1) is 0 Å². The van der Waals surface area contributed by atoms with Gasteiger partial charge in [-0.1, -0.05) is 25.1 Å². The largest absolute Gasteiger partial charge is 0.487 e. The number of ether oxygens (including phenoxy) is 1. The van der Waals surface area contributed by atoms with Crippen LogP contribution < -0.4 is 10.1 Å². The van der Waals surface area contributed by atoms with Crippen LogP contribution >= 0.6 is 0 Å². The highest BCUT2D eigenvalue weighted by molar-refractivity contribution is 5.47. The van der Waals surface area contributed by atoms with Crippen molar-refractivity contribution in [2.75, 3.05) is 13.2 Å². The summed E-state index contributed by atoms with van der Waals surface area (Å²) in [5, 5.41) is 12.9. The van der Waals surface area contributed by atoms with E-state index < -0.39 is 0 Å². The topological polar surface area (TPSA) is 41.5 Å². The van der Waals surface area contributed by atoms with Gasteiger partial charge in [-0.15, -0.1) is 0 Å². The molecular weight excluding hydrogens is 226 g/mol. The molecule has 0 saturated carbocycles. The number of rotatable bonds is 5.